The van der Waals surface area contributed by atoms with E-state index in [0.717, 1.165) is 24.5 Å². The molecule has 15 heavy (non-hydrogen) atoms. The van der Waals surface area contributed by atoms with Gasteiger partial charge >= 0.3 is 0 Å². The first kappa shape index (κ1) is 10.7. The number of anilines is 1. The monoisotopic (exact) mass is 225 g/mol. The summed E-state index contributed by atoms with van der Waals surface area (Å²) in [6.07, 6.45) is 1.79. The standard InChI is InChI=1S/C10H15N3OS/c11-6-8-1-2-12-9(5-8)13-3-4-14-10(15)7-13/h1-2,5,10,15H,3-4,6-7,11H2. The number of nitrogens with zero attached hydrogens (tertiary/aromatic N) is 2. The molecule has 1 aromatic rings. The van der Waals surface area contributed by atoms with Crippen LogP contribution >= 0.6 is 12.6 Å². The summed E-state index contributed by atoms with van der Waals surface area (Å²) in [6, 6.07) is 3.95. The highest BCUT2D eigenvalue weighted by molar-refractivity contribution is 7.80. The van der Waals surface area contributed by atoms with Gasteiger partial charge in [-0.3, -0.25) is 0 Å². The number of nitrogens with two attached hydrogens (primary N) is 1. The number of ether oxygens (including phenoxy) is 1. The quantitative estimate of drug-likeness (QED) is 0.725. The molecule has 2 rings (SSSR count). The fourth-order valence-electron chi connectivity index (χ4n) is 1.60. The zero-order valence-corrected chi connectivity index (χ0v) is 9.36. The normalized spacial score (nSPS) is 21.7. The summed E-state index contributed by atoms with van der Waals surface area (Å²) in [5.41, 5.74) is 6.66. The third-order valence-corrected chi connectivity index (χ3v) is 2.73. The van der Waals surface area contributed by atoms with Gasteiger partial charge in [0.1, 0.15) is 11.3 Å². The van der Waals surface area contributed by atoms with Crippen molar-refractivity contribution in [3.8, 4) is 0 Å². The second kappa shape index (κ2) is 4.83. The van der Waals surface area contributed by atoms with Gasteiger partial charge in [-0.05, 0) is 17.7 Å². The average Bonchev–Trinajstić information content (AvgIpc) is 2.29. The van der Waals surface area contributed by atoms with E-state index >= 15 is 0 Å². The second-order valence-corrected chi connectivity index (χ2v) is 4.07. The molecule has 5 heteroatoms. The third-order valence-electron chi connectivity index (χ3n) is 2.42. The second-order valence-electron chi connectivity index (χ2n) is 3.50. The van der Waals surface area contributed by atoms with Gasteiger partial charge < -0.3 is 15.4 Å². The minimum atomic E-state index is -0.0258. The van der Waals surface area contributed by atoms with E-state index in [1.165, 1.54) is 0 Å². The van der Waals surface area contributed by atoms with Crippen molar-refractivity contribution in [1.82, 2.24) is 4.98 Å². The molecule has 2 heterocycles. The van der Waals surface area contributed by atoms with Crippen LogP contribution in [-0.4, -0.2) is 30.1 Å². The highest BCUT2D eigenvalue weighted by Crippen LogP contribution is 2.17. The SMILES string of the molecule is NCc1ccnc(N2CCOC(S)C2)c1. The largest absolute Gasteiger partial charge is 0.364 e. The van der Waals surface area contributed by atoms with Crippen LogP contribution in [0.15, 0.2) is 18.3 Å². The van der Waals surface area contributed by atoms with Crippen molar-refractivity contribution < 1.29 is 4.74 Å². The van der Waals surface area contributed by atoms with E-state index < -0.39 is 0 Å². The van der Waals surface area contributed by atoms with Gasteiger partial charge in [-0.15, -0.1) is 12.6 Å². The molecular weight excluding hydrogens is 210 g/mol. The van der Waals surface area contributed by atoms with Gasteiger partial charge in [0.05, 0.1) is 13.2 Å². The summed E-state index contributed by atoms with van der Waals surface area (Å²) in [6.45, 7) is 2.87. The van der Waals surface area contributed by atoms with E-state index in [1.807, 2.05) is 12.1 Å². The molecule has 1 aliphatic rings. The summed E-state index contributed by atoms with van der Waals surface area (Å²) < 4.78 is 5.36. The Kier molecular flexibility index (Phi) is 3.45. The van der Waals surface area contributed by atoms with Gasteiger partial charge in [0.15, 0.2) is 0 Å². The lowest BCUT2D eigenvalue weighted by Gasteiger charge is -2.31. The Labute approximate surface area is 94.8 Å². The van der Waals surface area contributed by atoms with Gasteiger partial charge in [-0.1, -0.05) is 0 Å². The van der Waals surface area contributed by atoms with Crippen LogP contribution in [0.1, 0.15) is 5.56 Å². The fourth-order valence-corrected chi connectivity index (χ4v) is 1.90. The number of aromatic nitrogens is 1. The first-order valence-corrected chi connectivity index (χ1v) is 5.51. The van der Waals surface area contributed by atoms with E-state index in [9.17, 15) is 0 Å². The van der Waals surface area contributed by atoms with Crippen molar-refractivity contribution >= 4 is 18.4 Å². The van der Waals surface area contributed by atoms with Crippen molar-refractivity contribution in [2.24, 2.45) is 5.73 Å². The molecule has 1 fully saturated rings. The Balaban J connectivity index is 2.13. The van der Waals surface area contributed by atoms with Crippen molar-refractivity contribution in [2.45, 2.75) is 12.0 Å². The van der Waals surface area contributed by atoms with Crippen molar-refractivity contribution in [3.05, 3.63) is 23.9 Å². The van der Waals surface area contributed by atoms with E-state index in [0.29, 0.717) is 13.2 Å². The molecule has 0 bridgehead atoms. The molecule has 82 valence electrons. The van der Waals surface area contributed by atoms with Gasteiger partial charge in [-0.2, -0.15) is 0 Å². The third kappa shape index (κ3) is 2.62. The zero-order chi connectivity index (χ0) is 10.7. The fraction of sp³-hybridized carbons (Fsp3) is 0.500. The minimum Gasteiger partial charge on any atom is -0.364 e. The molecule has 1 saturated heterocycles. The maximum atomic E-state index is 5.59. The molecule has 1 aromatic heterocycles. The Hall–Kier alpha value is -0.780. The van der Waals surface area contributed by atoms with Crippen LogP contribution in [0.5, 0.6) is 0 Å². The Morgan fingerprint density at radius 3 is 3.27 bits per heavy atom. The van der Waals surface area contributed by atoms with Gasteiger partial charge in [-0.25, -0.2) is 4.98 Å². The number of morpholine rings is 1. The van der Waals surface area contributed by atoms with Crippen LogP contribution in [0.25, 0.3) is 0 Å². The average molecular weight is 225 g/mol. The molecule has 0 aliphatic carbocycles. The molecule has 1 aliphatic heterocycles. The topological polar surface area (TPSA) is 51.4 Å². The highest BCUT2D eigenvalue weighted by atomic mass is 32.1. The van der Waals surface area contributed by atoms with Crippen molar-refractivity contribution in [2.75, 3.05) is 24.6 Å². The number of hydrogen-bond acceptors (Lipinski definition) is 5. The molecule has 0 aromatic carbocycles. The number of rotatable bonds is 2. The first-order valence-electron chi connectivity index (χ1n) is 4.99. The predicted octanol–water partition coefficient (Wildman–Crippen LogP) is 0.633. The zero-order valence-electron chi connectivity index (χ0n) is 8.47. The molecule has 2 N–H and O–H groups in total. The van der Waals surface area contributed by atoms with Gasteiger partial charge in [0.2, 0.25) is 0 Å². The van der Waals surface area contributed by atoms with Crippen LogP contribution in [-0.2, 0) is 11.3 Å². The smallest absolute Gasteiger partial charge is 0.128 e. The molecule has 4 nitrogen and oxygen atoms in total. The Morgan fingerprint density at radius 2 is 2.53 bits per heavy atom. The molecule has 0 saturated carbocycles. The Morgan fingerprint density at radius 1 is 1.67 bits per heavy atom. The van der Waals surface area contributed by atoms with E-state index in [-0.39, 0.29) is 5.44 Å². The van der Waals surface area contributed by atoms with Crippen molar-refractivity contribution in [1.29, 1.82) is 0 Å². The summed E-state index contributed by atoms with van der Waals surface area (Å²) in [5.74, 6) is 0.959. The molecular formula is C10H15N3OS. The maximum absolute atomic E-state index is 5.59. The number of pyridine rings is 1. The summed E-state index contributed by atoms with van der Waals surface area (Å²) in [4.78, 5) is 6.49. The molecule has 1 atom stereocenters. The lowest BCUT2D eigenvalue weighted by molar-refractivity contribution is 0.0993. The van der Waals surface area contributed by atoms with Gasteiger partial charge in [0, 0.05) is 19.3 Å². The van der Waals surface area contributed by atoms with Crippen LogP contribution in [0.4, 0.5) is 5.82 Å². The first-order chi connectivity index (χ1) is 7.29. The maximum Gasteiger partial charge on any atom is 0.128 e. The molecule has 0 spiro atoms. The molecule has 1 unspecified atom stereocenters. The molecule has 0 radical (unpaired) electrons. The predicted molar refractivity (Wildman–Crippen MR) is 63.1 cm³/mol. The minimum absolute atomic E-state index is 0.0258. The van der Waals surface area contributed by atoms with Crippen LogP contribution in [0.3, 0.4) is 0 Å². The summed E-state index contributed by atoms with van der Waals surface area (Å²) >= 11 is 4.30. The van der Waals surface area contributed by atoms with E-state index in [4.69, 9.17) is 10.5 Å². The van der Waals surface area contributed by atoms with Crippen LogP contribution in [0.2, 0.25) is 0 Å². The van der Waals surface area contributed by atoms with Crippen molar-refractivity contribution in [3.63, 3.8) is 0 Å². The summed E-state index contributed by atoms with van der Waals surface area (Å²) in [7, 11) is 0. The van der Waals surface area contributed by atoms with E-state index in [1.54, 1.807) is 6.20 Å². The Bertz CT molecular complexity index is 334. The highest BCUT2D eigenvalue weighted by Gasteiger charge is 2.18. The number of thiol groups is 1. The summed E-state index contributed by atoms with van der Waals surface area (Å²) in [5, 5.41) is 0. The lowest BCUT2D eigenvalue weighted by atomic mass is 10.2. The van der Waals surface area contributed by atoms with Crippen LogP contribution < -0.4 is 10.6 Å². The lowest BCUT2D eigenvalue weighted by Crippen LogP contribution is -2.40. The molecule has 0 amide bonds. The van der Waals surface area contributed by atoms with E-state index in [2.05, 4.69) is 22.5 Å². The van der Waals surface area contributed by atoms with Gasteiger partial charge in [0.25, 0.3) is 0 Å². The number of hydrogen-bond donors (Lipinski definition) is 2. The van der Waals surface area contributed by atoms with Crippen LogP contribution in [0, 0.1) is 0 Å².